The van der Waals surface area contributed by atoms with E-state index in [1.54, 1.807) is 0 Å². The molecule has 0 bridgehead atoms. The fourth-order valence-corrected chi connectivity index (χ4v) is 2.75. The molecule has 0 spiro atoms. The molecular weight excluding hydrogens is 198 g/mol. The number of aryl methyl sites for hydroxylation is 2. The highest BCUT2D eigenvalue weighted by Crippen LogP contribution is 2.25. The summed E-state index contributed by atoms with van der Waals surface area (Å²) in [5, 5.41) is 10.5. The lowest BCUT2D eigenvalue weighted by Gasteiger charge is -2.22. The van der Waals surface area contributed by atoms with Crippen molar-refractivity contribution in [3.05, 3.63) is 34.9 Å². The van der Waals surface area contributed by atoms with Gasteiger partial charge in [0.05, 0.1) is 5.60 Å². The number of likely N-dealkylation sites (N-methyl/N-ethyl adjacent to an activating group) is 1. The fourth-order valence-electron chi connectivity index (χ4n) is 2.75. The van der Waals surface area contributed by atoms with Gasteiger partial charge in [0.2, 0.25) is 0 Å². The van der Waals surface area contributed by atoms with Crippen molar-refractivity contribution in [3.8, 4) is 0 Å². The number of nitrogens with zero attached hydrogens (tertiary/aromatic N) is 1. The minimum atomic E-state index is -0.519. The van der Waals surface area contributed by atoms with Crippen LogP contribution in [-0.2, 0) is 6.42 Å². The quantitative estimate of drug-likeness (QED) is 0.821. The third-order valence-electron chi connectivity index (χ3n) is 3.34. The lowest BCUT2D eigenvalue weighted by atomic mass is 9.92. The molecule has 1 atom stereocenters. The molecule has 1 fully saturated rings. The van der Waals surface area contributed by atoms with Crippen molar-refractivity contribution < 1.29 is 5.11 Å². The second-order valence-electron chi connectivity index (χ2n) is 5.38. The van der Waals surface area contributed by atoms with Crippen molar-refractivity contribution in [2.24, 2.45) is 0 Å². The third-order valence-corrected chi connectivity index (χ3v) is 3.34. The van der Waals surface area contributed by atoms with Crippen LogP contribution < -0.4 is 0 Å². The van der Waals surface area contributed by atoms with Crippen molar-refractivity contribution in [1.29, 1.82) is 0 Å². The lowest BCUT2D eigenvalue weighted by Crippen LogP contribution is -2.34. The normalized spacial score (nSPS) is 26.2. The molecule has 0 amide bonds. The Morgan fingerprint density at radius 1 is 1.25 bits per heavy atom. The maximum absolute atomic E-state index is 10.5. The average Bonchev–Trinajstić information content (AvgIpc) is 2.43. The van der Waals surface area contributed by atoms with E-state index in [9.17, 15) is 5.11 Å². The molecule has 0 saturated carbocycles. The highest BCUT2D eigenvalue weighted by atomic mass is 16.3. The van der Waals surface area contributed by atoms with Gasteiger partial charge in [-0.25, -0.2) is 0 Å². The number of hydrogen-bond donors (Lipinski definition) is 1. The molecule has 16 heavy (non-hydrogen) atoms. The molecule has 0 aliphatic carbocycles. The van der Waals surface area contributed by atoms with Crippen molar-refractivity contribution in [2.75, 3.05) is 20.1 Å². The second-order valence-corrected chi connectivity index (χ2v) is 5.38. The van der Waals surface area contributed by atoms with E-state index in [0.717, 1.165) is 25.9 Å². The van der Waals surface area contributed by atoms with Crippen LogP contribution in [-0.4, -0.2) is 35.7 Å². The SMILES string of the molecule is Cc1cc(C)cc(CC2(O)CCN(C)C2)c1. The largest absolute Gasteiger partial charge is 0.388 e. The van der Waals surface area contributed by atoms with Crippen LogP contribution in [0.4, 0.5) is 0 Å². The van der Waals surface area contributed by atoms with Crippen LogP contribution in [0.2, 0.25) is 0 Å². The van der Waals surface area contributed by atoms with Crippen LogP contribution in [0.15, 0.2) is 18.2 Å². The van der Waals surface area contributed by atoms with E-state index in [1.807, 2.05) is 0 Å². The van der Waals surface area contributed by atoms with E-state index in [2.05, 4.69) is 44.0 Å². The zero-order valence-corrected chi connectivity index (χ0v) is 10.5. The summed E-state index contributed by atoms with van der Waals surface area (Å²) in [5.41, 5.74) is 3.31. The summed E-state index contributed by atoms with van der Waals surface area (Å²) >= 11 is 0. The minimum absolute atomic E-state index is 0.519. The van der Waals surface area contributed by atoms with Gasteiger partial charge in [0.15, 0.2) is 0 Å². The van der Waals surface area contributed by atoms with E-state index < -0.39 is 5.60 Å². The molecule has 1 heterocycles. The molecule has 1 saturated heterocycles. The second kappa shape index (κ2) is 4.19. The Balaban J connectivity index is 2.14. The predicted octanol–water partition coefficient (Wildman–Crippen LogP) is 1.91. The van der Waals surface area contributed by atoms with Crippen LogP contribution in [0, 0.1) is 13.8 Å². The maximum Gasteiger partial charge on any atom is 0.0826 e. The Hall–Kier alpha value is -0.860. The first-order valence-corrected chi connectivity index (χ1v) is 5.95. The highest BCUT2D eigenvalue weighted by Gasteiger charge is 2.34. The van der Waals surface area contributed by atoms with Gasteiger partial charge in [0, 0.05) is 19.5 Å². The molecule has 88 valence electrons. The Morgan fingerprint density at radius 3 is 2.38 bits per heavy atom. The van der Waals surface area contributed by atoms with Gasteiger partial charge >= 0.3 is 0 Å². The molecule has 0 radical (unpaired) electrons. The molecule has 2 rings (SSSR count). The molecule has 2 heteroatoms. The van der Waals surface area contributed by atoms with Crippen LogP contribution >= 0.6 is 0 Å². The number of benzene rings is 1. The first-order valence-electron chi connectivity index (χ1n) is 5.95. The summed E-state index contributed by atoms with van der Waals surface area (Å²) in [5.74, 6) is 0. The molecule has 1 unspecified atom stereocenters. The van der Waals surface area contributed by atoms with Crippen LogP contribution in [0.25, 0.3) is 0 Å². The van der Waals surface area contributed by atoms with Gasteiger partial charge in [-0.3, -0.25) is 0 Å². The molecule has 1 aromatic carbocycles. The Morgan fingerprint density at radius 2 is 1.88 bits per heavy atom. The molecule has 1 N–H and O–H groups in total. The fraction of sp³-hybridized carbons (Fsp3) is 0.571. The van der Waals surface area contributed by atoms with Crippen molar-refractivity contribution >= 4 is 0 Å². The Labute approximate surface area is 97.9 Å². The Bertz CT molecular complexity index is 368. The van der Waals surface area contributed by atoms with Gasteiger partial charge < -0.3 is 10.0 Å². The van der Waals surface area contributed by atoms with E-state index >= 15 is 0 Å². The average molecular weight is 219 g/mol. The first-order chi connectivity index (χ1) is 7.47. The predicted molar refractivity (Wildman–Crippen MR) is 66.7 cm³/mol. The molecule has 1 aliphatic heterocycles. The van der Waals surface area contributed by atoms with Gasteiger partial charge in [-0.05, 0) is 32.9 Å². The molecular formula is C14H21NO. The summed E-state index contributed by atoms with van der Waals surface area (Å²) < 4.78 is 0. The lowest BCUT2D eigenvalue weighted by molar-refractivity contribution is 0.0523. The van der Waals surface area contributed by atoms with Gasteiger partial charge in [-0.2, -0.15) is 0 Å². The number of β-amino-alcohol motifs (C(OH)–C–C–N with tert-alkyl or cyclic N) is 1. The number of hydrogen-bond acceptors (Lipinski definition) is 2. The molecule has 2 nitrogen and oxygen atoms in total. The van der Waals surface area contributed by atoms with Gasteiger partial charge in [0.25, 0.3) is 0 Å². The van der Waals surface area contributed by atoms with E-state index in [0.29, 0.717) is 0 Å². The van der Waals surface area contributed by atoms with Gasteiger partial charge in [-0.1, -0.05) is 29.3 Å². The van der Waals surface area contributed by atoms with Crippen molar-refractivity contribution in [3.63, 3.8) is 0 Å². The van der Waals surface area contributed by atoms with Crippen LogP contribution in [0.5, 0.6) is 0 Å². The Kier molecular flexibility index (Phi) is 3.04. The smallest absolute Gasteiger partial charge is 0.0826 e. The minimum Gasteiger partial charge on any atom is -0.388 e. The van der Waals surface area contributed by atoms with Crippen molar-refractivity contribution in [2.45, 2.75) is 32.3 Å². The molecule has 1 aliphatic rings. The van der Waals surface area contributed by atoms with E-state index in [1.165, 1.54) is 16.7 Å². The summed E-state index contributed by atoms with van der Waals surface area (Å²) in [4.78, 5) is 2.20. The zero-order valence-electron chi connectivity index (χ0n) is 10.5. The third kappa shape index (κ3) is 2.63. The van der Waals surface area contributed by atoms with Gasteiger partial charge in [0.1, 0.15) is 0 Å². The summed E-state index contributed by atoms with van der Waals surface area (Å²) in [6, 6.07) is 6.54. The monoisotopic (exact) mass is 219 g/mol. The number of rotatable bonds is 2. The standard InChI is InChI=1S/C14H21NO/c1-11-6-12(2)8-13(7-11)9-14(16)4-5-15(3)10-14/h6-8,16H,4-5,9-10H2,1-3H3. The first kappa shape index (κ1) is 11.6. The van der Waals surface area contributed by atoms with E-state index in [-0.39, 0.29) is 0 Å². The van der Waals surface area contributed by atoms with Crippen LogP contribution in [0.1, 0.15) is 23.1 Å². The summed E-state index contributed by atoms with van der Waals surface area (Å²) in [6.07, 6.45) is 1.66. The van der Waals surface area contributed by atoms with E-state index in [4.69, 9.17) is 0 Å². The van der Waals surface area contributed by atoms with Gasteiger partial charge in [-0.15, -0.1) is 0 Å². The molecule has 1 aromatic rings. The number of likely N-dealkylation sites (tertiary alicyclic amines) is 1. The topological polar surface area (TPSA) is 23.5 Å². The molecule has 0 aromatic heterocycles. The zero-order chi connectivity index (χ0) is 11.8. The highest BCUT2D eigenvalue weighted by molar-refractivity contribution is 5.29. The summed E-state index contributed by atoms with van der Waals surface area (Å²) in [6.45, 7) is 6.02. The maximum atomic E-state index is 10.5. The summed E-state index contributed by atoms with van der Waals surface area (Å²) in [7, 11) is 2.07. The van der Waals surface area contributed by atoms with Crippen molar-refractivity contribution in [1.82, 2.24) is 4.90 Å². The number of aliphatic hydroxyl groups is 1. The van der Waals surface area contributed by atoms with Crippen LogP contribution in [0.3, 0.4) is 0 Å².